The number of carbonyl (C=O) groups is 4. The van der Waals surface area contributed by atoms with Crippen LogP contribution in [0.15, 0.2) is 36.4 Å². The predicted molar refractivity (Wildman–Crippen MR) is 230 cm³/mol. The molecule has 0 unspecified atom stereocenters. The van der Waals surface area contributed by atoms with Crippen LogP contribution < -0.4 is 5.73 Å². The molecule has 314 valence electrons. The summed E-state index contributed by atoms with van der Waals surface area (Å²) in [6, 6.07) is 12.5. The van der Waals surface area contributed by atoms with E-state index in [9.17, 15) is 19.2 Å². The fourth-order valence-corrected chi connectivity index (χ4v) is 13.6. The molecule has 2 aliphatic carbocycles. The van der Waals surface area contributed by atoms with Gasteiger partial charge in [-0.1, -0.05) is 26.0 Å². The summed E-state index contributed by atoms with van der Waals surface area (Å²) >= 11 is 3.62. The van der Waals surface area contributed by atoms with Gasteiger partial charge < -0.3 is 30.1 Å². The van der Waals surface area contributed by atoms with E-state index < -0.39 is 23.7 Å². The fourth-order valence-electron chi connectivity index (χ4n) is 11.5. The van der Waals surface area contributed by atoms with Gasteiger partial charge in [0.1, 0.15) is 0 Å². The monoisotopic (exact) mass is 839 g/mol. The minimum Gasteiger partial charge on any atom is -0.462 e. The summed E-state index contributed by atoms with van der Waals surface area (Å²) in [6.45, 7) is 10.3. The van der Waals surface area contributed by atoms with E-state index in [-0.39, 0.29) is 12.1 Å². The van der Waals surface area contributed by atoms with Gasteiger partial charge in [-0.3, -0.25) is 14.4 Å². The van der Waals surface area contributed by atoms with Gasteiger partial charge in [0, 0.05) is 51.1 Å². The molecule has 10 rings (SSSR count). The van der Waals surface area contributed by atoms with Crippen molar-refractivity contribution in [2.75, 3.05) is 60.5 Å². The standard InChI is InChI=1S/C23H29N3O3S.C22H28N4O2S/c1-14-4-6-18(26(11-14)21(27)22(28)29-3)15-5-7-19-17(8-15)24-20(30-19)16-9-23(10-16)12-25(2)13-23;1-13-3-5-17(26(10-13)21(28)19(23)27)14-4-6-18-16(7-14)24-20(29-18)15-8-22(9-15)11-25(2)12-22/h5,7-8,14,16,18H,4,6,9-13H2,1-3H3;4,6-7,13,15,17H,3,5,8-12H2,1-2H3,(H2,23,27)/t14-,18+;13-,17+/m00/s1. The van der Waals surface area contributed by atoms with Crippen molar-refractivity contribution in [3.8, 4) is 0 Å². The molecule has 2 saturated carbocycles. The number of carbonyl (C=O) groups excluding carboxylic acids is 4. The van der Waals surface area contributed by atoms with Crippen LogP contribution in [-0.2, 0) is 23.9 Å². The van der Waals surface area contributed by atoms with Crippen LogP contribution >= 0.6 is 22.7 Å². The average molecular weight is 840 g/mol. The molecular weight excluding hydrogens is 783 g/mol. The van der Waals surface area contributed by atoms with Crippen LogP contribution in [0.25, 0.3) is 20.4 Å². The number of primary amides is 1. The van der Waals surface area contributed by atoms with Gasteiger partial charge in [0.15, 0.2) is 0 Å². The topological polar surface area (TPSA) is 142 Å². The number of fused-ring (bicyclic) bond motifs is 2. The van der Waals surface area contributed by atoms with Gasteiger partial charge in [-0.2, -0.15) is 0 Å². The van der Waals surface area contributed by atoms with Crippen molar-refractivity contribution in [2.45, 2.75) is 89.1 Å². The lowest BCUT2D eigenvalue weighted by Crippen LogP contribution is -2.59. The molecule has 4 atom stereocenters. The lowest BCUT2D eigenvalue weighted by molar-refractivity contribution is -0.160. The Kier molecular flexibility index (Phi) is 10.6. The van der Waals surface area contributed by atoms with E-state index in [1.807, 2.05) is 11.3 Å². The third-order valence-electron chi connectivity index (χ3n) is 14.2. The van der Waals surface area contributed by atoms with Crippen LogP contribution in [0.2, 0.25) is 0 Å². The highest BCUT2D eigenvalue weighted by atomic mass is 32.1. The summed E-state index contributed by atoms with van der Waals surface area (Å²) in [4.78, 5) is 66.5. The molecule has 4 saturated heterocycles. The van der Waals surface area contributed by atoms with Gasteiger partial charge in [-0.15, -0.1) is 22.7 Å². The van der Waals surface area contributed by atoms with Crippen LogP contribution in [-0.4, -0.2) is 114 Å². The second-order valence-electron chi connectivity index (χ2n) is 19.3. The Morgan fingerprint density at radius 3 is 1.49 bits per heavy atom. The van der Waals surface area contributed by atoms with Crippen LogP contribution in [0, 0.1) is 22.7 Å². The number of nitrogens with zero attached hydrogens (tertiary/aromatic N) is 6. The first-order valence-corrected chi connectivity index (χ1v) is 23.0. The number of amides is 3. The number of aromatic nitrogens is 2. The molecule has 59 heavy (non-hydrogen) atoms. The maximum absolute atomic E-state index is 12.6. The summed E-state index contributed by atoms with van der Waals surface area (Å²) in [6.07, 6.45) is 8.79. The molecule has 6 aliphatic rings. The molecule has 2 aromatic carbocycles. The summed E-state index contributed by atoms with van der Waals surface area (Å²) in [5.74, 6) is -0.848. The number of hydrogen-bond acceptors (Lipinski definition) is 11. The lowest BCUT2D eigenvalue weighted by atomic mass is 9.58. The van der Waals surface area contributed by atoms with E-state index in [0.717, 1.165) is 47.8 Å². The van der Waals surface area contributed by atoms with Crippen molar-refractivity contribution in [1.82, 2.24) is 29.6 Å². The maximum Gasteiger partial charge on any atom is 0.396 e. The molecule has 6 heterocycles. The molecule has 4 aliphatic heterocycles. The number of esters is 1. The number of methoxy groups -OCH3 is 1. The van der Waals surface area contributed by atoms with Crippen LogP contribution in [0.5, 0.6) is 0 Å². The molecule has 0 bridgehead atoms. The molecule has 6 fully saturated rings. The summed E-state index contributed by atoms with van der Waals surface area (Å²) in [7, 11) is 5.64. The third kappa shape index (κ3) is 7.67. The Hall–Kier alpha value is -3.98. The number of ether oxygens (including phenoxy) is 1. The minimum atomic E-state index is -0.873. The number of nitrogens with two attached hydrogens (primary N) is 1. The van der Waals surface area contributed by atoms with E-state index in [0.29, 0.717) is 47.6 Å². The number of thiazole rings is 2. The fraction of sp³-hybridized carbons (Fsp3) is 0.600. The quantitative estimate of drug-likeness (QED) is 0.181. The maximum atomic E-state index is 12.6. The SMILES string of the molecule is COC(=O)C(=O)N1C[C@@H](C)CC[C@@H]1c1ccc2sc(C3CC4(C3)CN(C)C4)nc2c1.C[C@H]1CC[C@H](c2ccc3sc(C4CC5(C4)CN(C)C5)nc3c2)N(C(=O)C(N)=O)C1. The van der Waals surface area contributed by atoms with E-state index >= 15 is 0 Å². The number of likely N-dealkylation sites (tertiary alicyclic amines) is 4. The molecule has 12 nitrogen and oxygen atoms in total. The Balaban J connectivity index is 0.000000152. The van der Waals surface area contributed by atoms with Crippen LogP contribution in [0.1, 0.15) is 110 Å². The number of benzene rings is 2. The minimum absolute atomic E-state index is 0.0974. The zero-order valence-electron chi connectivity index (χ0n) is 34.9. The summed E-state index contributed by atoms with van der Waals surface area (Å²) < 4.78 is 7.10. The number of piperidine rings is 2. The summed E-state index contributed by atoms with van der Waals surface area (Å²) in [5.41, 5.74) is 10.6. The molecule has 4 aromatic rings. The second-order valence-corrected chi connectivity index (χ2v) is 21.4. The second kappa shape index (κ2) is 15.5. The van der Waals surface area contributed by atoms with Gasteiger partial charge in [0.25, 0.3) is 0 Å². The van der Waals surface area contributed by atoms with Gasteiger partial charge in [-0.05, 0) is 124 Å². The van der Waals surface area contributed by atoms with E-state index in [1.54, 1.807) is 21.1 Å². The largest absolute Gasteiger partial charge is 0.462 e. The highest BCUT2D eigenvalue weighted by Gasteiger charge is 2.53. The van der Waals surface area contributed by atoms with Crippen LogP contribution in [0.4, 0.5) is 0 Å². The lowest BCUT2D eigenvalue weighted by Gasteiger charge is -2.58. The zero-order valence-corrected chi connectivity index (χ0v) is 36.6. The molecular formula is C45H57N7O5S2. The third-order valence-corrected chi connectivity index (χ3v) is 16.6. The molecule has 14 heteroatoms. The Morgan fingerprint density at radius 1 is 0.678 bits per heavy atom. The highest BCUT2D eigenvalue weighted by Crippen LogP contribution is 2.57. The smallest absolute Gasteiger partial charge is 0.396 e. The number of hydrogen-bond donors (Lipinski definition) is 1. The van der Waals surface area contributed by atoms with Crippen molar-refractivity contribution >= 4 is 66.8 Å². The molecule has 0 radical (unpaired) electrons. The first-order valence-electron chi connectivity index (χ1n) is 21.4. The molecule has 2 N–H and O–H groups in total. The van der Waals surface area contributed by atoms with Crippen molar-refractivity contribution < 1.29 is 23.9 Å². The van der Waals surface area contributed by atoms with Crippen molar-refractivity contribution in [3.05, 3.63) is 57.5 Å². The predicted octanol–water partition coefficient (Wildman–Crippen LogP) is 6.47. The molecule has 3 amide bonds. The Morgan fingerprint density at radius 2 is 1.10 bits per heavy atom. The number of rotatable bonds is 4. The van der Waals surface area contributed by atoms with Gasteiger partial charge in [0.05, 0.1) is 49.6 Å². The summed E-state index contributed by atoms with van der Waals surface area (Å²) in [5, 5.41) is 2.50. The Labute approximate surface area is 354 Å². The first kappa shape index (κ1) is 40.4. The van der Waals surface area contributed by atoms with Gasteiger partial charge in [0.2, 0.25) is 0 Å². The Bertz CT molecular complexity index is 2280. The highest BCUT2D eigenvalue weighted by molar-refractivity contribution is 7.19. The average Bonchev–Trinajstić information content (AvgIpc) is 3.79. The van der Waals surface area contributed by atoms with E-state index in [2.05, 4.69) is 74.1 Å². The van der Waals surface area contributed by atoms with E-state index in [4.69, 9.17) is 20.4 Å². The van der Waals surface area contributed by atoms with Crippen molar-refractivity contribution in [1.29, 1.82) is 0 Å². The normalized spacial score (nSPS) is 27.6. The van der Waals surface area contributed by atoms with Crippen molar-refractivity contribution in [3.63, 3.8) is 0 Å². The van der Waals surface area contributed by atoms with Crippen LogP contribution in [0.3, 0.4) is 0 Å². The van der Waals surface area contributed by atoms with E-state index in [1.165, 1.54) is 78.4 Å². The van der Waals surface area contributed by atoms with Gasteiger partial charge >= 0.3 is 23.7 Å². The molecule has 2 aromatic heterocycles. The zero-order chi connectivity index (χ0) is 41.4. The first-order chi connectivity index (χ1) is 28.2. The molecule has 2 spiro atoms. The van der Waals surface area contributed by atoms with Crippen molar-refractivity contribution in [2.24, 2.45) is 28.4 Å². The van der Waals surface area contributed by atoms with Gasteiger partial charge in [-0.25, -0.2) is 14.8 Å².